The molecule has 6 nitrogen and oxygen atoms in total. The summed E-state index contributed by atoms with van der Waals surface area (Å²) in [5.74, 6) is -0.197. The predicted octanol–water partition coefficient (Wildman–Crippen LogP) is 3.95. The smallest absolute Gasteiger partial charge is 0.224 e. The standard InChI is InChI=1S/C22H23N3O3/c1-13(26)25-16-8-6-9-17(27)20(16)24-15-11-22(2,3)12-18(28)19(15)21(25)14-7-4-5-10-23-14/h4-10,21,24,27H,11-12H2,1-3H3. The summed E-state index contributed by atoms with van der Waals surface area (Å²) in [5.41, 5.74) is 2.66. The number of carbonyl (C=O) groups excluding carboxylic acids is 2. The highest BCUT2D eigenvalue weighted by Crippen LogP contribution is 2.49. The van der Waals surface area contributed by atoms with E-state index in [1.807, 2.05) is 26.0 Å². The van der Waals surface area contributed by atoms with Crippen LogP contribution in [-0.4, -0.2) is 21.8 Å². The Balaban J connectivity index is 2.04. The molecule has 0 saturated heterocycles. The monoisotopic (exact) mass is 377 g/mol. The number of hydrogen-bond donors (Lipinski definition) is 2. The second-order valence-electron chi connectivity index (χ2n) is 8.18. The number of aromatic hydroxyl groups is 1. The van der Waals surface area contributed by atoms with Crippen LogP contribution in [0.25, 0.3) is 0 Å². The van der Waals surface area contributed by atoms with E-state index in [9.17, 15) is 14.7 Å². The van der Waals surface area contributed by atoms with Gasteiger partial charge in [-0.3, -0.25) is 19.5 Å². The zero-order valence-electron chi connectivity index (χ0n) is 16.2. The molecular formula is C22H23N3O3. The van der Waals surface area contributed by atoms with Gasteiger partial charge in [-0.25, -0.2) is 0 Å². The lowest BCUT2D eigenvalue weighted by molar-refractivity contribution is -0.118. The highest BCUT2D eigenvalue weighted by atomic mass is 16.3. The van der Waals surface area contributed by atoms with Crippen LogP contribution < -0.4 is 10.2 Å². The second kappa shape index (κ2) is 6.48. The normalized spacial score (nSPS) is 20.8. The summed E-state index contributed by atoms with van der Waals surface area (Å²) < 4.78 is 0. The summed E-state index contributed by atoms with van der Waals surface area (Å²) in [7, 11) is 0. The van der Waals surface area contributed by atoms with E-state index < -0.39 is 6.04 Å². The Morgan fingerprint density at radius 1 is 1.21 bits per heavy atom. The van der Waals surface area contributed by atoms with Gasteiger partial charge in [-0.2, -0.15) is 0 Å². The lowest BCUT2D eigenvalue weighted by Gasteiger charge is -2.36. The van der Waals surface area contributed by atoms with Gasteiger partial charge in [-0.1, -0.05) is 26.0 Å². The molecule has 0 spiro atoms. The fourth-order valence-corrected chi connectivity index (χ4v) is 4.21. The zero-order valence-corrected chi connectivity index (χ0v) is 16.2. The molecular weight excluding hydrogens is 354 g/mol. The Labute approximate surface area is 163 Å². The average molecular weight is 377 g/mol. The van der Waals surface area contributed by atoms with Crippen molar-refractivity contribution in [2.45, 2.75) is 39.7 Å². The lowest BCUT2D eigenvalue weighted by Crippen LogP contribution is -2.38. The summed E-state index contributed by atoms with van der Waals surface area (Å²) in [6.45, 7) is 5.56. The molecule has 1 aromatic heterocycles. The van der Waals surface area contributed by atoms with Gasteiger partial charge in [0.1, 0.15) is 17.5 Å². The van der Waals surface area contributed by atoms with Gasteiger partial charge in [0.2, 0.25) is 5.91 Å². The van der Waals surface area contributed by atoms with Crippen molar-refractivity contribution >= 4 is 23.1 Å². The number of amides is 1. The predicted molar refractivity (Wildman–Crippen MR) is 107 cm³/mol. The number of pyridine rings is 1. The van der Waals surface area contributed by atoms with Crippen LogP contribution in [0.4, 0.5) is 11.4 Å². The first-order valence-corrected chi connectivity index (χ1v) is 9.34. The quantitative estimate of drug-likeness (QED) is 0.736. The first kappa shape index (κ1) is 18.2. The maximum atomic E-state index is 13.3. The number of Topliss-reactive ketones (excluding diaryl/α,β-unsaturated/α-hetero) is 1. The molecule has 28 heavy (non-hydrogen) atoms. The minimum Gasteiger partial charge on any atom is -0.506 e. The molecule has 2 aromatic rings. The van der Waals surface area contributed by atoms with E-state index in [2.05, 4.69) is 10.3 Å². The molecule has 2 aliphatic rings. The molecule has 0 bridgehead atoms. The van der Waals surface area contributed by atoms with Gasteiger partial charge in [-0.05, 0) is 36.1 Å². The molecule has 0 saturated carbocycles. The summed E-state index contributed by atoms with van der Waals surface area (Å²) in [5, 5.41) is 13.8. The first-order valence-electron chi connectivity index (χ1n) is 9.34. The molecule has 6 heteroatoms. The summed E-state index contributed by atoms with van der Waals surface area (Å²) in [6, 6.07) is 9.86. The maximum absolute atomic E-state index is 13.3. The van der Waals surface area contributed by atoms with Crippen molar-refractivity contribution in [2.75, 3.05) is 10.2 Å². The molecule has 1 aliphatic heterocycles. The fourth-order valence-electron chi connectivity index (χ4n) is 4.21. The van der Waals surface area contributed by atoms with Crippen LogP contribution in [-0.2, 0) is 9.59 Å². The Bertz CT molecular complexity index is 995. The van der Waals surface area contributed by atoms with Crippen molar-refractivity contribution in [2.24, 2.45) is 5.41 Å². The number of nitrogens with zero attached hydrogens (tertiary/aromatic N) is 2. The van der Waals surface area contributed by atoms with Gasteiger partial charge < -0.3 is 10.4 Å². The number of nitrogens with one attached hydrogen (secondary N) is 1. The zero-order chi connectivity index (χ0) is 20.1. The first-order chi connectivity index (χ1) is 13.3. The number of rotatable bonds is 1. The molecule has 0 radical (unpaired) electrons. The van der Waals surface area contributed by atoms with Crippen molar-refractivity contribution in [1.29, 1.82) is 0 Å². The third kappa shape index (κ3) is 2.95. The van der Waals surface area contributed by atoms with Gasteiger partial charge in [0.25, 0.3) is 0 Å². The minimum atomic E-state index is -0.646. The van der Waals surface area contributed by atoms with E-state index in [-0.39, 0.29) is 22.9 Å². The number of aromatic nitrogens is 1. The molecule has 2 N–H and O–H groups in total. The van der Waals surface area contributed by atoms with E-state index in [4.69, 9.17) is 0 Å². The van der Waals surface area contributed by atoms with E-state index in [0.29, 0.717) is 35.5 Å². The Hall–Kier alpha value is -3.15. The average Bonchev–Trinajstić information content (AvgIpc) is 2.77. The van der Waals surface area contributed by atoms with Gasteiger partial charge in [-0.15, -0.1) is 0 Å². The van der Waals surface area contributed by atoms with Crippen LogP contribution >= 0.6 is 0 Å². The number of allylic oxidation sites excluding steroid dienone is 1. The number of hydrogen-bond acceptors (Lipinski definition) is 5. The van der Waals surface area contributed by atoms with Crippen LogP contribution in [0.5, 0.6) is 5.75 Å². The fraction of sp³-hybridized carbons (Fsp3) is 0.318. The number of para-hydroxylation sites is 1. The number of carbonyl (C=O) groups is 2. The molecule has 1 amide bonds. The molecule has 0 fully saturated rings. The van der Waals surface area contributed by atoms with Gasteiger partial charge >= 0.3 is 0 Å². The Morgan fingerprint density at radius 2 is 2.00 bits per heavy atom. The van der Waals surface area contributed by atoms with E-state index in [1.165, 1.54) is 6.92 Å². The van der Waals surface area contributed by atoms with Crippen molar-refractivity contribution in [3.05, 3.63) is 59.6 Å². The molecule has 1 unspecified atom stereocenters. The Morgan fingerprint density at radius 3 is 2.68 bits per heavy atom. The van der Waals surface area contributed by atoms with Gasteiger partial charge in [0, 0.05) is 30.8 Å². The van der Waals surface area contributed by atoms with Crippen molar-refractivity contribution in [1.82, 2.24) is 4.98 Å². The maximum Gasteiger partial charge on any atom is 0.224 e. The van der Waals surface area contributed by atoms with Crippen LogP contribution in [0.15, 0.2) is 53.9 Å². The van der Waals surface area contributed by atoms with E-state index in [1.54, 1.807) is 35.4 Å². The van der Waals surface area contributed by atoms with Crippen LogP contribution in [0.1, 0.15) is 45.3 Å². The lowest BCUT2D eigenvalue weighted by atomic mass is 9.73. The van der Waals surface area contributed by atoms with Crippen LogP contribution in [0.3, 0.4) is 0 Å². The van der Waals surface area contributed by atoms with Crippen molar-refractivity contribution in [3.63, 3.8) is 0 Å². The highest BCUT2D eigenvalue weighted by molar-refractivity contribution is 6.06. The second-order valence-corrected chi connectivity index (χ2v) is 8.18. The number of phenols is 1. The molecule has 1 aromatic carbocycles. The topological polar surface area (TPSA) is 82.5 Å². The summed E-state index contributed by atoms with van der Waals surface area (Å²) in [6.07, 6.45) is 2.69. The number of benzene rings is 1. The van der Waals surface area contributed by atoms with Gasteiger partial charge in [0.05, 0.1) is 11.4 Å². The summed E-state index contributed by atoms with van der Waals surface area (Å²) >= 11 is 0. The molecule has 4 rings (SSSR count). The third-order valence-corrected chi connectivity index (χ3v) is 5.31. The number of fused-ring (bicyclic) bond motifs is 1. The van der Waals surface area contributed by atoms with Crippen molar-refractivity contribution < 1.29 is 14.7 Å². The third-order valence-electron chi connectivity index (χ3n) is 5.31. The SMILES string of the molecule is CC(=O)N1c2cccc(O)c2NC2=C(C(=O)CC(C)(C)C2)C1c1ccccn1. The molecule has 2 heterocycles. The van der Waals surface area contributed by atoms with E-state index >= 15 is 0 Å². The molecule has 144 valence electrons. The van der Waals surface area contributed by atoms with Crippen LogP contribution in [0, 0.1) is 5.41 Å². The largest absolute Gasteiger partial charge is 0.506 e. The van der Waals surface area contributed by atoms with Crippen molar-refractivity contribution in [3.8, 4) is 5.75 Å². The highest BCUT2D eigenvalue weighted by Gasteiger charge is 2.43. The van der Waals surface area contributed by atoms with E-state index in [0.717, 1.165) is 5.70 Å². The number of ketones is 1. The number of anilines is 2. The molecule has 1 atom stereocenters. The molecule has 1 aliphatic carbocycles. The van der Waals surface area contributed by atoms with Crippen LogP contribution in [0.2, 0.25) is 0 Å². The Kier molecular flexibility index (Phi) is 4.22. The van der Waals surface area contributed by atoms with Gasteiger partial charge in [0.15, 0.2) is 5.78 Å². The number of phenolic OH excluding ortho intramolecular Hbond substituents is 1. The minimum absolute atomic E-state index is 0.00653. The summed E-state index contributed by atoms with van der Waals surface area (Å²) in [4.78, 5) is 32.1.